The fourth-order valence-corrected chi connectivity index (χ4v) is 1.90. The molecule has 0 radical (unpaired) electrons. The third-order valence-electron chi connectivity index (χ3n) is 2.76. The van der Waals surface area contributed by atoms with Crippen LogP contribution in [0.2, 0.25) is 0 Å². The number of nitrogens with one attached hydrogen (secondary N) is 1. The molecule has 10 heavy (non-hydrogen) atoms. The van der Waals surface area contributed by atoms with Crippen LogP contribution in [-0.2, 0) is 4.74 Å². The van der Waals surface area contributed by atoms with E-state index in [1.807, 2.05) is 0 Å². The van der Waals surface area contributed by atoms with E-state index >= 15 is 0 Å². The Labute approximate surface area is 60.4 Å². The second-order valence-electron chi connectivity index (χ2n) is 3.36. The minimum atomic E-state index is 0.0694. The fourth-order valence-electron chi connectivity index (χ4n) is 1.90. The molecule has 2 aliphatic rings. The first-order chi connectivity index (χ1) is 4.87. The summed E-state index contributed by atoms with van der Waals surface area (Å²) in [6.07, 6.45) is 0. The molecule has 0 bridgehead atoms. The molecule has 3 heteroatoms. The van der Waals surface area contributed by atoms with Crippen molar-refractivity contribution in [2.45, 2.75) is 0 Å². The summed E-state index contributed by atoms with van der Waals surface area (Å²) in [6.45, 7) is 3.77. The first kappa shape index (κ1) is 6.58. The van der Waals surface area contributed by atoms with Crippen molar-refractivity contribution in [1.82, 2.24) is 5.32 Å². The molecule has 0 spiro atoms. The van der Waals surface area contributed by atoms with Crippen LogP contribution in [0, 0.1) is 11.3 Å². The van der Waals surface area contributed by atoms with Gasteiger partial charge >= 0.3 is 0 Å². The van der Waals surface area contributed by atoms with E-state index in [9.17, 15) is 0 Å². The van der Waals surface area contributed by atoms with Gasteiger partial charge in [0.05, 0.1) is 19.8 Å². The summed E-state index contributed by atoms with van der Waals surface area (Å²) in [5.41, 5.74) is 0.0694. The molecule has 58 valence electrons. The van der Waals surface area contributed by atoms with Gasteiger partial charge in [-0.15, -0.1) is 0 Å². The number of rotatable bonds is 1. The Kier molecular flexibility index (Phi) is 1.44. The molecule has 0 aromatic rings. The molecule has 0 aromatic heterocycles. The molecule has 2 saturated heterocycles. The Morgan fingerprint density at radius 3 is 3.30 bits per heavy atom. The summed E-state index contributed by atoms with van der Waals surface area (Å²) in [5, 5.41) is 12.4. The maximum absolute atomic E-state index is 9.11. The minimum absolute atomic E-state index is 0.0694. The number of aliphatic hydroxyl groups excluding tert-OH is 1. The highest BCUT2D eigenvalue weighted by Crippen LogP contribution is 2.36. The van der Waals surface area contributed by atoms with Gasteiger partial charge in [0.15, 0.2) is 0 Å². The van der Waals surface area contributed by atoms with Gasteiger partial charge in [-0.25, -0.2) is 0 Å². The standard InChI is InChI=1S/C7H13NO2/c9-4-7-3-8-1-6(7)2-10-5-7/h6,8-9H,1-5H2/t6-,7-/m1/s1. The SMILES string of the molecule is OC[C@@]12CNC[C@@H]1COC2. The van der Waals surface area contributed by atoms with Crippen molar-refractivity contribution in [1.29, 1.82) is 0 Å². The summed E-state index contributed by atoms with van der Waals surface area (Å²) in [7, 11) is 0. The van der Waals surface area contributed by atoms with Gasteiger partial charge in [-0.1, -0.05) is 0 Å². The van der Waals surface area contributed by atoms with E-state index in [4.69, 9.17) is 9.84 Å². The van der Waals surface area contributed by atoms with Crippen LogP contribution < -0.4 is 5.32 Å². The Morgan fingerprint density at radius 1 is 1.70 bits per heavy atom. The molecule has 0 aromatic carbocycles. The van der Waals surface area contributed by atoms with Crippen molar-refractivity contribution >= 4 is 0 Å². The van der Waals surface area contributed by atoms with E-state index in [0.717, 1.165) is 26.3 Å². The quantitative estimate of drug-likeness (QED) is 0.505. The minimum Gasteiger partial charge on any atom is -0.396 e. The zero-order chi connectivity index (χ0) is 7.03. The zero-order valence-electron chi connectivity index (χ0n) is 5.97. The van der Waals surface area contributed by atoms with Gasteiger partial charge in [0, 0.05) is 24.4 Å². The maximum atomic E-state index is 9.11. The van der Waals surface area contributed by atoms with E-state index in [2.05, 4.69) is 5.32 Å². The average molecular weight is 143 g/mol. The number of ether oxygens (including phenoxy) is 1. The van der Waals surface area contributed by atoms with Crippen LogP contribution in [0.15, 0.2) is 0 Å². The Balaban J connectivity index is 2.15. The predicted molar refractivity (Wildman–Crippen MR) is 36.7 cm³/mol. The van der Waals surface area contributed by atoms with Crippen LogP contribution in [-0.4, -0.2) is 38.0 Å². The van der Waals surface area contributed by atoms with Crippen molar-refractivity contribution in [3.05, 3.63) is 0 Å². The fraction of sp³-hybridized carbons (Fsp3) is 1.00. The molecule has 0 aliphatic carbocycles. The summed E-state index contributed by atoms with van der Waals surface area (Å²) in [6, 6.07) is 0. The predicted octanol–water partition coefficient (Wildman–Crippen LogP) is -0.785. The second-order valence-corrected chi connectivity index (χ2v) is 3.36. The lowest BCUT2D eigenvalue weighted by Crippen LogP contribution is -2.33. The highest BCUT2D eigenvalue weighted by molar-refractivity contribution is 4.97. The molecule has 0 amide bonds. The lowest BCUT2D eigenvalue weighted by molar-refractivity contribution is 0.0969. The zero-order valence-corrected chi connectivity index (χ0v) is 5.97. The maximum Gasteiger partial charge on any atom is 0.0560 e. The van der Waals surface area contributed by atoms with Gasteiger partial charge in [0.1, 0.15) is 0 Å². The van der Waals surface area contributed by atoms with Crippen molar-refractivity contribution in [2.75, 3.05) is 32.9 Å². The van der Waals surface area contributed by atoms with Crippen LogP contribution in [0.3, 0.4) is 0 Å². The summed E-state index contributed by atoms with van der Waals surface area (Å²) in [5.74, 6) is 0.553. The van der Waals surface area contributed by atoms with E-state index in [1.54, 1.807) is 0 Å². The first-order valence-electron chi connectivity index (χ1n) is 3.77. The Bertz CT molecular complexity index is 128. The van der Waals surface area contributed by atoms with Gasteiger partial charge < -0.3 is 15.2 Å². The van der Waals surface area contributed by atoms with E-state index in [1.165, 1.54) is 0 Å². The van der Waals surface area contributed by atoms with Gasteiger partial charge in [-0.05, 0) is 0 Å². The van der Waals surface area contributed by atoms with E-state index < -0.39 is 0 Å². The smallest absolute Gasteiger partial charge is 0.0560 e. The number of aliphatic hydroxyl groups is 1. The van der Waals surface area contributed by atoms with Crippen molar-refractivity contribution in [3.8, 4) is 0 Å². The van der Waals surface area contributed by atoms with Gasteiger partial charge in [0.25, 0.3) is 0 Å². The molecule has 3 nitrogen and oxygen atoms in total. The number of hydrogen-bond acceptors (Lipinski definition) is 3. The molecule has 2 fully saturated rings. The molecular weight excluding hydrogens is 130 g/mol. The third-order valence-corrected chi connectivity index (χ3v) is 2.76. The van der Waals surface area contributed by atoms with Crippen molar-refractivity contribution in [3.63, 3.8) is 0 Å². The first-order valence-corrected chi connectivity index (χ1v) is 3.77. The monoisotopic (exact) mass is 143 g/mol. The van der Waals surface area contributed by atoms with Crippen LogP contribution in [0.25, 0.3) is 0 Å². The van der Waals surface area contributed by atoms with Crippen molar-refractivity contribution < 1.29 is 9.84 Å². The lowest BCUT2D eigenvalue weighted by Gasteiger charge is -2.22. The Hall–Kier alpha value is -0.120. The highest BCUT2D eigenvalue weighted by atomic mass is 16.5. The molecule has 0 saturated carbocycles. The summed E-state index contributed by atoms with van der Waals surface area (Å²) < 4.78 is 5.31. The number of hydrogen-bond donors (Lipinski definition) is 2. The number of fused-ring (bicyclic) bond motifs is 1. The lowest BCUT2D eigenvalue weighted by atomic mass is 9.82. The van der Waals surface area contributed by atoms with Crippen molar-refractivity contribution in [2.24, 2.45) is 11.3 Å². The van der Waals surface area contributed by atoms with Crippen LogP contribution in [0.4, 0.5) is 0 Å². The highest BCUT2D eigenvalue weighted by Gasteiger charge is 2.46. The van der Waals surface area contributed by atoms with Gasteiger partial charge in [-0.2, -0.15) is 0 Å². The third kappa shape index (κ3) is 0.713. The molecule has 2 heterocycles. The molecule has 2 atom stereocenters. The second kappa shape index (κ2) is 2.19. The average Bonchev–Trinajstić information content (AvgIpc) is 2.42. The van der Waals surface area contributed by atoms with Crippen LogP contribution in [0.1, 0.15) is 0 Å². The molecule has 2 N–H and O–H groups in total. The summed E-state index contributed by atoms with van der Waals surface area (Å²) in [4.78, 5) is 0. The molecule has 2 aliphatic heterocycles. The normalized spacial score (nSPS) is 45.9. The van der Waals surface area contributed by atoms with Crippen LogP contribution in [0.5, 0.6) is 0 Å². The van der Waals surface area contributed by atoms with Crippen LogP contribution >= 0.6 is 0 Å². The van der Waals surface area contributed by atoms with Gasteiger partial charge in [-0.3, -0.25) is 0 Å². The van der Waals surface area contributed by atoms with E-state index in [0.29, 0.717) is 5.92 Å². The summed E-state index contributed by atoms with van der Waals surface area (Å²) >= 11 is 0. The molecular formula is C7H13NO2. The largest absolute Gasteiger partial charge is 0.396 e. The topological polar surface area (TPSA) is 41.5 Å². The molecule has 2 rings (SSSR count). The van der Waals surface area contributed by atoms with E-state index in [-0.39, 0.29) is 12.0 Å². The molecule has 0 unspecified atom stereocenters. The Morgan fingerprint density at radius 2 is 2.60 bits per heavy atom. The van der Waals surface area contributed by atoms with Gasteiger partial charge in [0.2, 0.25) is 0 Å².